The first-order valence-corrected chi connectivity index (χ1v) is 4.83. The van der Waals surface area contributed by atoms with Crippen LogP contribution in [0.4, 0.5) is 0 Å². The van der Waals surface area contributed by atoms with Crippen molar-refractivity contribution >= 4 is 6.29 Å². The molecule has 0 saturated carbocycles. The molecule has 0 rings (SSSR count). The monoisotopic (exact) mass is 170 g/mol. The van der Waals surface area contributed by atoms with E-state index in [1.54, 1.807) is 0 Å². The molecule has 0 spiro atoms. The molecule has 0 aromatic rings. The van der Waals surface area contributed by atoms with Crippen molar-refractivity contribution < 1.29 is 4.79 Å². The molecule has 0 N–H and O–H groups in total. The zero-order valence-electron chi connectivity index (χ0n) is 9.05. The van der Waals surface area contributed by atoms with Crippen molar-refractivity contribution in [3.63, 3.8) is 0 Å². The van der Waals surface area contributed by atoms with Crippen molar-refractivity contribution in [2.24, 2.45) is 17.3 Å². The Bertz CT molecular complexity index is 136. The highest BCUT2D eigenvalue weighted by atomic mass is 16.1. The second kappa shape index (κ2) is 4.64. The Hall–Kier alpha value is -0.330. The fourth-order valence-electron chi connectivity index (χ4n) is 1.83. The predicted octanol–water partition coefficient (Wildman–Crippen LogP) is 3.28. The lowest BCUT2D eigenvalue weighted by Gasteiger charge is -2.22. The summed E-state index contributed by atoms with van der Waals surface area (Å²) in [5, 5.41) is 0. The fraction of sp³-hybridized carbons (Fsp3) is 0.909. The van der Waals surface area contributed by atoms with E-state index < -0.39 is 0 Å². The van der Waals surface area contributed by atoms with Gasteiger partial charge in [0.1, 0.15) is 6.29 Å². The van der Waals surface area contributed by atoms with Crippen LogP contribution in [0, 0.1) is 17.3 Å². The van der Waals surface area contributed by atoms with Gasteiger partial charge in [-0.15, -0.1) is 0 Å². The Morgan fingerprint density at radius 3 is 2.08 bits per heavy atom. The summed E-state index contributed by atoms with van der Waals surface area (Å²) in [6.07, 6.45) is 3.30. The van der Waals surface area contributed by atoms with Crippen LogP contribution >= 0.6 is 0 Å². The van der Waals surface area contributed by atoms with Gasteiger partial charge in [0.2, 0.25) is 0 Å². The van der Waals surface area contributed by atoms with Crippen LogP contribution in [0.3, 0.4) is 0 Å². The molecule has 0 amide bonds. The highest BCUT2D eigenvalue weighted by Crippen LogP contribution is 2.26. The van der Waals surface area contributed by atoms with E-state index in [-0.39, 0.29) is 5.41 Å². The Morgan fingerprint density at radius 2 is 1.75 bits per heavy atom. The maximum Gasteiger partial charge on any atom is 0.125 e. The molecule has 1 unspecified atom stereocenters. The Morgan fingerprint density at radius 1 is 1.25 bits per heavy atom. The van der Waals surface area contributed by atoms with Gasteiger partial charge in [-0.3, -0.25) is 0 Å². The lowest BCUT2D eigenvalue weighted by Crippen LogP contribution is -2.17. The minimum absolute atomic E-state index is 0.131. The van der Waals surface area contributed by atoms with Crippen LogP contribution < -0.4 is 0 Å². The Kier molecular flexibility index (Phi) is 4.51. The van der Waals surface area contributed by atoms with Crippen LogP contribution in [0.1, 0.15) is 47.5 Å². The third-order valence-corrected chi connectivity index (χ3v) is 2.07. The molecule has 0 radical (unpaired) electrons. The lowest BCUT2D eigenvalue weighted by molar-refractivity contribution is -0.115. The van der Waals surface area contributed by atoms with Gasteiger partial charge >= 0.3 is 0 Å². The molecule has 72 valence electrons. The molecule has 0 aliphatic rings. The van der Waals surface area contributed by atoms with Crippen molar-refractivity contribution in [2.45, 2.75) is 47.5 Å². The summed E-state index contributed by atoms with van der Waals surface area (Å²) in [6.45, 7) is 10.7. The third-order valence-electron chi connectivity index (χ3n) is 2.07. The van der Waals surface area contributed by atoms with Crippen LogP contribution in [-0.4, -0.2) is 6.29 Å². The summed E-state index contributed by atoms with van der Waals surface area (Å²) in [5.74, 6) is 1.40. The molecule has 0 aliphatic heterocycles. The van der Waals surface area contributed by atoms with Crippen LogP contribution in [0.15, 0.2) is 0 Å². The molecule has 0 aliphatic carbocycles. The van der Waals surface area contributed by atoms with Gasteiger partial charge in [-0.25, -0.2) is 0 Å². The maximum atomic E-state index is 10.6. The highest BCUT2D eigenvalue weighted by molar-refractivity contribution is 5.57. The third kappa shape index (κ3) is 5.34. The largest absolute Gasteiger partial charge is 0.303 e. The average molecular weight is 170 g/mol. The van der Waals surface area contributed by atoms with Gasteiger partial charge in [-0.1, -0.05) is 34.6 Å². The van der Waals surface area contributed by atoms with Crippen molar-refractivity contribution in [1.82, 2.24) is 0 Å². The van der Waals surface area contributed by atoms with E-state index in [1.165, 1.54) is 6.42 Å². The van der Waals surface area contributed by atoms with Crippen molar-refractivity contribution in [3.05, 3.63) is 0 Å². The molecule has 1 heteroatoms. The highest BCUT2D eigenvalue weighted by Gasteiger charge is 2.20. The zero-order chi connectivity index (χ0) is 9.78. The number of hydrogen-bond acceptors (Lipinski definition) is 1. The Labute approximate surface area is 76.6 Å². The van der Waals surface area contributed by atoms with Crippen LogP contribution in [0.2, 0.25) is 0 Å². The van der Waals surface area contributed by atoms with Crippen molar-refractivity contribution in [1.29, 1.82) is 0 Å². The number of carbonyl (C=O) groups is 1. The van der Waals surface area contributed by atoms with Gasteiger partial charge in [-0.2, -0.15) is 0 Å². The fourth-order valence-corrected chi connectivity index (χ4v) is 1.83. The summed E-state index contributed by atoms with van der Waals surface area (Å²) in [5.41, 5.74) is -0.131. The molecule has 0 bridgehead atoms. The SMILES string of the molecule is CC(C)CC(C)CC(C)(C)C=O. The van der Waals surface area contributed by atoms with E-state index in [4.69, 9.17) is 0 Å². The van der Waals surface area contributed by atoms with E-state index >= 15 is 0 Å². The first-order chi connectivity index (χ1) is 5.37. The topological polar surface area (TPSA) is 17.1 Å². The summed E-state index contributed by atoms with van der Waals surface area (Å²) in [4.78, 5) is 10.6. The normalized spacial score (nSPS) is 14.8. The summed E-state index contributed by atoms with van der Waals surface area (Å²) in [6, 6.07) is 0. The number of rotatable bonds is 5. The number of carbonyl (C=O) groups excluding carboxylic acids is 1. The second-order valence-electron chi connectivity index (χ2n) is 5.05. The first kappa shape index (κ1) is 11.7. The standard InChI is InChI=1S/C11H22O/c1-9(2)6-10(3)7-11(4,5)8-12/h8-10H,6-7H2,1-5H3. The van der Waals surface area contributed by atoms with Gasteiger partial charge in [0.15, 0.2) is 0 Å². The number of hydrogen-bond donors (Lipinski definition) is 0. The van der Waals surface area contributed by atoms with Crippen molar-refractivity contribution in [2.75, 3.05) is 0 Å². The molecular weight excluding hydrogens is 148 g/mol. The molecule has 0 fully saturated rings. The van der Waals surface area contributed by atoms with Crippen molar-refractivity contribution in [3.8, 4) is 0 Å². The smallest absolute Gasteiger partial charge is 0.125 e. The second-order valence-corrected chi connectivity index (χ2v) is 5.05. The quantitative estimate of drug-likeness (QED) is 0.579. The minimum Gasteiger partial charge on any atom is -0.303 e. The Balaban J connectivity index is 3.83. The zero-order valence-corrected chi connectivity index (χ0v) is 9.05. The molecule has 1 nitrogen and oxygen atoms in total. The van der Waals surface area contributed by atoms with E-state index in [9.17, 15) is 4.79 Å². The van der Waals surface area contributed by atoms with Gasteiger partial charge in [0.05, 0.1) is 0 Å². The van der Waals surface area contributed by atoms with Gasteiger partial charge in [0.25, 0.3) is 0 Å². The van der Waals surface area contributed by atoms with Gasteiger partial charge < -0.3 is 4.79 Å². The van der Waals surface area contributed by atoms with Crippen LogP contribution in [0.5, 0.6) is 0 Å². The van der Waals surface area contributed by atoms with E-state index in [2.05, 4.69) is 20.8 Å². The van der Waals surface area contributed by atoms with Crippen LogP contribution in [-0.2, 0) is 4.79 Å². The van der Waals surface area contributed by atoms with Crippen LogP contribution in [0.25, 0.3) is 0 Å². The molecule has 0 aromatic carbocycles. The van der Waals surface area contributed by atoms with Gasteiger partial charge in [0, 0.05) is 5.41 Å². The van der Waals surface area contributed by atoms with E-state index in [1.807, 2.05) is 13.8 Å². The predicted molar refractivity (Wildman–Crippen MR) is 53.1 cm³/mol. The first-order valence-electron chi connectivity index (χ1n) is 4.83. The molecule has 0 heterocycles. The summed E-state index contributed by atoms with van der Waals surface area (Å²) in [7, 11) is 0. The summed E-state index contributed by atoms with van der Waals surface area (Å²) < 4.78 is 0. The molecule has 12 heavy (non-hydrogen) atoms. The maximum absolute atomic E-state index is 10.6. The molecule has 0 saturated heterocycles. The summed E-state index contributed by atoms with van der Waals surface area (Å²) >= 11 is 0. The van der Waals surface area contributed by atoms with E-state index in [0.29, 0.717) is 5.92 Å². The average Bonchev–Trinajstić information content (AvgIpc) is 1.84. The number of aldehydes is 1. The molecular formula is C11H22O. The lowest BCUT2D eigenvalue weighted by atomic mass is 9.82. The minimum atomic E-state index is -0.131. The molecule has 0 aromatic heterocycles. The van der Waals surface area contributed by atoms with Gasteiger partial charge in [-0.05, 0) is 24.7 Å². The van der Waals surface area contributed by atoms with E-state index in [0.717, 1.165) is 18.6 Å². The molecule has 1 atom stereocenters.